The summed E-state index contributed by atoms with van der Waals surface area (Å²) in [7, 11) is 0. The number of halogens is 2. The summed E-state index contributed by atoms with van der Waals surface area (Å²) in [6.45, 7) is 3.91. The van der Waals surface area contributed by atoms with Crippen LogP contribution in [0.3, 0.4) is 0 Å². The number of carboxylic acids is 2. The predicted molar refractivity (Wildman–Crippen MR) is 170 cm³/mol. The number of ether oxygens (including phenoxy) is 1. The van der Waals surface area contributed by atoms with Crippen LogP contribution in [0.2, 0.25) is 10.2 Å². The van der Waals surface area contributed by atoms with Gasteiger partial charge in [-0.05, 0) is 81.7 Å². The van der Waals surface area contributed by atoms with Crippen LogP contribution in [-0.2, 0) is 35.3 Å². The van der Waals surface area contributed by atoms with Crippen LogP contribution in [0.5, 0.6) is 5.75 Å². The normalized spacial score (nSPS) is 17.4. The van der Waals surface area contributed by atoms with Gasteiger partial charge in [0, 0.05) is 16.4 Å². The van der Waals surface area contributed by atoms with Crippen LogP contribution in [-0.4, -0.2) is 58.2 Å². The van der Waals surface area contributed by atoms with E-state index in [1.807, 2.05) is 19.9 Å². The largest absolute Gasteiger partial charge is 0.489 e. The molecule has 2 aliphatic rings. The molecule has 4 heterocycles. The molecule has 0 amide bonds. The molecule has 45 heavy (non-hydrogen) atoms. The van der Waals surface area contributed by atoms with Crippen LogP contribution in [0, 0.1) is 11.8 Å². The summed E-state index contributed by atoms with van der Waals surface area (Å²) in [6.07, 6.45) is 6.51. The Morgan fingerprint density at radius 1 is 0.889 bits per heavy atom. The number of rotatable bonds is 6. The highest BCUT2D eigenvalue weighted by Gasteiger charge is 2.30. The maximum atomic E-state index is 11.5. The molecule has 1 aromatic carbocycles. The predicted octanol–water partition coefficient (Wildman–Crippen LogP) is 6.13. The first kappa shape index (κ1) is 30.6. The minimum Gasteiger partial charge on any atom is -0.489 e. The van der Waals surface area contributed by atoms with Crippen molar-refractivity contribution >= 4 is 68.7 Å². The van der Waals surface area contributed by atoms with Crippen molar-refractivity contribution in [2.75, 3.05) is 5.32 Å². The molecule has 0 spiro atoms. The molecule has 0 bridgehead atoms. The fourth-order valence-electron chi connectivity index (χ4n) is 6.04. The van der Waals surface area contributed by atoms with Gasteiger partial charge in [-0.2, -0.15) is 0 Å². The number of aliphatic carboxylic acids is 2. The molecule has 0 saturated heterocycles. The van der Waals surface area contributed by atoms with Gasteiger partial charge in [0.1, 0.15) is 40.7 Å². The van der Waals surface area contributed by atoms with Crippen LogP contribution < -0.4 is 10.1 Å². The van der Waals surface area contributed by atoms with Gasteiger partial charge in [0.2, 0.25) is 0 Å². The first-order valence-electron chi connectivity index (χ1n) is 14.6. The summed E-state index contributed by atoms with van der Waals surface area (Å²) in [6, 6.07) is 5.37. The summed E-state index contributed by atoms with van der Waals surface area (Å²) in [5.74, 6) is -0.987. The summed E-state index contributed by atoms with van der Waals surface area (Å²) in [4.78, 5) is 45.8. The minimum atomic E-state index is -0.770. The first-order chi connectivity index (χ1) is 21.6. The van der Waals surface area contributed by atoms with E-state index < -0.39 is 17.9 Å². The third kappa shape index (κ3) is 6.25. The molecular weight excluding hydrogens is 621 g/mol. The third-order valence-electron chi connectivity index (χ3n) is 8.16. The second kappa shape index (κ2) is 12.5. The Hall–Kier alpha value is -4.42. The highest BCUT2D eigenvalue weighted by molar-refractivity contribution is 6.34. The number of carboxylic acid groups (broad SMARTS) is 2. The maximum absolute atomic E-state index is 11.5. The van der Waals surface area contributed by atoms with E-state index in [-0.39, 0.29) is 12.0 Å². The van der Waals surface area contributed by atoms with Gasteiger partial charge in [-0.3, -0.25) is 9.59 Å². The van der Waals surface area contributed by atoms with Gasteiger partial charge in [0.05, 0.1) is 34.4 Å². The number of hydrogen-bond donors (Lipinski definition) is 5. The van der Waals surface area contributed by atoms with Crippen molar-refractivity contribution in [1.29, 1.82) is 0 Å². The van der Waals surface area contributed by atoms with E-state index in [0.717, 1.165) is 39.7 Å². The number of H-pyrrole nitrogens is 2. The van der Waals surface area contributed by atoms with Gasteiger partial charge in [0.25, 0.3) is 0 Å². The van der Waals surface area contributed by atoms with E-state index in [1.54, 1.807) is 12.1 Å². The Morgan fingerprint density at radius 2 is 1.47 bits per heavy atom. The number of aromatic nitrogens is 6. The number of anilines is 2. The van der Waals surface area contributed by atoms with E-state index in [1.165, 1.54) is 12.7 Å². The molecule has 7 rings (SSSR count). The van der Waals surface area contributed by atoms with E-state index in [9.17, 15) is 14.7 Å². The molecule has 12 nitrogen and oxygen atoms in total. The van der Waals surface area contributed by atoms with Crippen LogP contribution in [0.1, 0.15) is 49.2 Å². The number of benzene rings is 1. The molecule has 0 saturated carbocycles. The Labute approximate surface area is 267 Å². The Bertz CT molecular complexity index is 1920. The highest BCUT2D eigenvalue weighted by atomic mass is 35.5. The van der Waals surface area contributed by atoms with Gasteiger partial charge in [-0.25, -0.2) is 19.9 Å². The molecule has 14 heteroatoms. The Kier molecular flexibility index (Phi) is 8.52. The monoisotopic (exact) mass is 651 g/mol. The van der Waals surface area contributed by atoms with E-state index in [0.29, 0.717) is 70.8 Å². The van der Waals surface area contributed by atoms with Gasteiger partial charge >= 0.3 is 11.9 Å². The van der Waals surface area contributed by atoms with Crippen molar-refractivity contribution in [3.8, 4) is 5.75 Å². The quantitative estimate of drug-likeness (QED) is 0.134. The van der Waals surface area contributed by atoms with E-state index in [4.69, 9.17) is 33.0 Å². The average molecular weight is 653 g/mol. The topological polar surface area (TPSA) is 179 Å². The van der Waals surface area contributed by atoms with Crippen molar-refractivity contribution in [1.82, 2.24) is 29.9 Å². The summed E-state index contributed by atoms with van der Waals surface area (Å²) < 4.78 is 5.88. The number of aryl methyl sites for hydroxylation is 2. The smallest absolute Gasteiger partial charge is 0.306 e. The molecular formula is C31H31Cl2N7O5. The van der Waals surface area contributed by atoms with Crippen LogP contribution >= 0.6 is 23.2 Å². The van der Waals surface area contributed by atoms with Crippen molar-refractivity contribution in [3.05, 3.63) is 63.5 Å². The fourth-order valence-corrected chi connectivity index (χ4v) is 6.46. The van der Waals surface area contributed by atoms with Gasteiger partial charge < -0.3 is 30.2 Å². The molecule has 0 aliphatic heterocycles. The average Bonchev–Trinajstić information content (AvgIpc) is 3.57. The van der Waals surface area contributed by atoms with Gasteiger partial charge in [0.15, 0.2) is 0 Å². The van der Waals surface area contributed by atoms with E-state index >= 15 is 0 Å². The lowest BCUT2D eigenvalue weighted by Gasteiger charge is -2.19. The van der Waals surface area contributed by atoms with Crippen molar-refractivity contribution in [3.63, 3.8) is 0 Å². The second-order valence-electron chi connectivity index (χ2n) is 11.5. The molecule has 0 fully saturated rings. The molecule has 4 aromatic heterocycles. The second-order valence-corrected chi connectivity index (χ2v) is 12.3. The van der Waals surface area contributed by atoms with Crippen molar-refractivity contribution in [2.45, 2.75) is 58.5 Å². The molecule has 5 N–H and O–H groups in total. The third-order valence-corrected chi connectivity index (χ3v) is 8.68. The Balaban J connectivity index is 0.000000179. The fraction of sp³-hybridized carbons (Fsp3) is 0.355. The van der Waals surface area contributed by atoms with Crippen LogP contribution in [0.4, 0.5) is 11.5 Å². The molecule has 2 unspecified atom stereocenters. The summed E-state index contributed by atoms with van der Waals surface area (Å²) in [5, 5.41) is 24.4. The minimum absolute atomic E-state index is 0.00323. The number of nitrogens with one attached hydrogen (secondary N) is 3. The Morgan fingerprint density at radius 3 is 2.07 bits per heavy atom. The number of aromatic amines is 2. The van der Waals surface area contributed by atoms with E-state index in [2.05, 4.69) is 35.2 Å². The SMILES string of the molecule is CC(C)Oc1ccc(Cl)cc1Nc1ncnc2[nH]c3c(c12)CC(C(=O)O)CC3.O=C(O)C1CCc2[nH]c3ncnc(Cl)c3c2C1. The van der Waals surface area contributed by atoms with Crippen molar-refractivity contribution in [2.24, 2.45) is 11.8 Å². The maximum Gasteiger partial charge on any atom is 0.306 e. The zero-order valence-corrected chi connectivity index (χ0v) is 26.0. The van der Waals surface area contributed by atoms with Gasteiger partial charge in [-0.1, -0.05) is 23.2 Å². The first-order valence-corrected chi connectivity index (χ1v) is 15.4. The molecule has 2 atom stereocenters. The molecule has 234 valence electrons. The number of fused-ring (bicyclic) bond motifs is 6. The zero-order valence-electron chi connectivity index (χ0n) is 24.5. The molecule has 5 aromatic rings. The number of carbonyl (C=O) groups is 2. The van der Waals surface area contributed by atoms with Crippen LogP contribution in [0.25, 0.3) is 22.1 Å². The summed E-state index contributed by atoms with van der Waals surface area (Å²) in [5.41, 5.74) is 6.08. The lowest BCUT2D eigenvalue weighted by atomic mass is 9.86. The lowest BCUT2D eigenvalue weighted by Crippen LogP contribution is -2.21. The lowest BCUT2D eigenvalue weighted by molar-refractivity contribution is -0.143. The zero-order chi connectivity index (χ0) is 31.8. The van der Waals surface area contributed by atoms with Crippen molar-refractivity contribution < 1.29 is 24.5 Å². The standard InChI is InChI=1S/C20H21ClN4O3.C11H10ClN3O2/c1-10(2)28-16-6-4-12(21)8-15(16)25-19-17-13-7-11(20(26)27)3-5-14(13)24-18(17)22-9-23-19;12-9-8-6-3-5(11(16)17)1-2-7(6)15-10(8)14-4-13-9/h4,6,8-11H,3,5,7H2,1-2H3,(H,26,27)(H2,22,23,24,25);4-5H,1-3H2,(H,16,17)(H,13,14,15). The summed E-state index contributed by atoms with van der Waals surface area (Å²) >= 11 is 12.2. The number of hydrogen-bond acceptors (Lipinski definition) is 8. The van der Waals surface area contributed by atoms with Crippen LogP contribution in [0.15, 0.2) is 30.9 Å². The molecule has 2 aliphatic carbocycles. The van der Waals surface area contributed by atoms with Gasteiger partial charge in [-0.15, -0.1) is 0 Å². The highest BCUT2D eigenvalue weighted by Crippen LogP contribution is 2.38. The molecule has 0 radical (unpaired) electrons. The number of nitrogens with zero attached hydrogens (tertiary/aromatic N) is 4.